The monoisotopic (exact) mass is 496 g/mol. The van der Waals surface area contributed by atoms with Crippen molar-refractivity contribution in [2.24, 2.45) is 0 Å². The Bertz CT molecular complexity index is 988. The lowest BCUT2D eigenvalue weighted by Gasteiger charge is -2.39. The number of unbranched alkanes of at least 4 members (excludes halogenated alkanes) is 7. The molecule has 10 nitrogen and oxygen atoms in total. The molecular formula is C25H36O10. The van der Waals surface area contributed by atoms with E-state index in [2.05, 4.69) is 6.92 Å². The lowest BCUT2D eigenvalue weighted by atomic mass is 9.99. The van der Waals surface area contributed by atoms with Gasteiger partial charge in [-0.15, -0.1) is 0 Å². The van der Waals surface area contributed by atoms with Gasteiger partial charge in [-0.05, 0) is 18.6 Å². The Labute approximate surface area is 203 Å². The van der Waals surface area contributed by atoms with Crippen LogP contribution >= 0.6 is 0 Å². The molecule has 2 heterocycles. The van der Waals surface area contributed by atoms with Crippen LogP contribution in [0.3, 0.4) is 0 Å². The third-order valence-electron chi connectivity index (χ3n) is 6.16. The van der Waals surface area contributed by atoms with Gasteiger partial charge in [-0.2, -0.15) is 0 Å². The minimum atomic E-state index is -1.59. The van der Waals surface area contributed by atoms with Gasteiger partial charge in [0, 0.05) is 6.07 Å². The molecule has 3 rings (SSSR count). The summed E-state index contributed by atoms with van der Waals surface area (Å²) in [6.45, 7) is 1.89. The zero-order chi connectivity index (χ0) is 25.4. The highest BCUT2D eigenvalue weighted by Crippen LogP contribution is 2.34. The van der Waals surface area contributed by atoms with Crippen LogP contribution in [0.2, 0.25) is 0 Å². The van der Waals surface area contributed by atoms with Crippen LogP contribution in [-0.2, 0) is 4.74 Å². The van der Waals surface area contributed by atoms with Crippen molar-refractivity contribution in [1.82, 2.24) is 0 Å². The van der Waals surface area contributed by atoms with Crippen LogP contribution < -0.4 is 15.1 Å². The quantitative estimate of drug-likeness (QED) is 0.205. The second-order valence-electron chi connectivity index (χ2n) is 8.86. The third kappa shape index (κ3) is 6.86. The van der Waals surface area contributed by atoms with Crippen molar-refractivity contribution in [1.29, 1.82) is 0 Å². The van der Waals surface area contributed by atoms with Gasteiger partial charge in [0.15, 0.2) is 5.75 Å². The van der Waals surface area contributed by atoms with Crippen molar-refractivity contribution in [3.63, 3.8) is 0 Å². The van der Waals surface area contributed by atoms with Gasteiger partial charge in [0.1, 0.15) is 35.7 Å². The molecule has 1 aliphatic heterocycles. The molecule has 0 unspecified atom stereocenters. The van der Waals surface area contributed by atoms with E-state index in [1.54, 1.807) is 0 Å². The smallest absolute Gasteiger partial charge is 0.383 e. The van der Waals surface area contributed by atoms with Gasteiger partial charge >= 0.3 is 5.63 Å². The molecule has 0 saturated carbocycles. The summed E-state index contributed by atoms with van der Waals surface area (Å²) in [5.41, 5.74) is -0.812. The number of benzene rings is 1. The lowest BCUT2D eigenvalue weighted by molar-refractivity contribution is -0.277. The predicted molar refractivity (Wildman–Crippen MR) is 127 cm³/mol. The number of aromatic hydroxyl groups is 1. The van der Waals surface area contributed by atoms with Crippen LogP contribution in [0, 0.1) is 0 Å². The van der Waals surface area contributed by atoms with E-state index >= 15 is 0 Å². The van der Waals surface area contributed by atoms with Crippen LogP contribution in [0.5, 0.6) is 17.2 Å². The molecule has 0 radical (unpaired) electrons. The highest BCUT2D eigenvalue weighted by molar-refractivity contribution is 5.86. The van der Waals surface area contributed by atoms with Gasteiger partial charge in [0.25, 0.3) is 0 Å². The summed E-state index contributed by atoms with van der Waals surface area (Å²) >= 11 is 0. The Morgan fingerprint density at radius 3 is 2.31 bits per heavy atom. The predicted octanol–water partition coefficient (Wildman–Crippen LogP) is 2.20. The molecule has 1 fully saturated rings. The van der Waals surface area contributed by atoms with Crippen molar-refractivity contribution < 1.29 is 44.2 Å². The maximum atomic E-state index is 12.4. The minimum Gasteiger partial charge on any atom is -0.504 e. The summed E-state index contributed by atoms with van der Waals surface area (Å²) in [6, 6.07) is 4.22. The number of aliphatic hydroxyl groups excluding tert-OH is 4. The number of rotatable bonds is 13. The van der Waals surface area contributed by atoms with E-state index in [0.29, 0.717) is 0 Å². The van der Waals surface area contributed by atoms with Crippen molar-refractivity contribution in [2.45, 2.75) is 89.0 Å². The molecule has 1 aliphatic rings. The van der Waals surface area contributed by atoms with Crippen molar-refractivity contribution in [3.8, 4) is 17.2 Å². The topological polar surface area (TPSA) is 159 Å². The molecule has 35 heavy (non-hydrogen) atoms. The van der Waals surface area contributed by atoms with Crippen molar-refractivity contribution in [2.75, 3.05) is 13.2 Å². The summed E-state index contributed by atoms with van der Waals surface area (Å²) in [5.74, 6) is -0.477. The molecule has 196 valence electrons. The Morgan fingerprint density at radius 1 is 0.943 bits per heavy atom. The molecule has 0 aliphatic carbocycles. The number of ether oxygens (including phenoxy) is 3. The molecular weight excluding hydrogens is 460 g/mol. The fraction of sp³-hybridized carbons (Fsp3) is 0.640. The van der Waals surface area contributed by atoms with Crippen molar-refractivity contribution in [3.05, 3.63) is 28.6 Å². The van der Waals surface area contributed by atoms with Crippen LogP contribution in [0.1, 0.15) is 58.3 Å². The van der Waals surface area contributed by atoms with E-state index in [9.17, 15) is 30.3 Å². The molecule has 0 spiro atoms. The summed E-state index contributed by atoms with van der Waals surface area (Å²) in [5, 5.41) is 50.0. The number of aliphatic hydroxyl groups is 4. The molecule has 5 N–H and O–H groups in total. The number of hydrogen-bond donors (Lipinski definition) is 5. The van der Waals surface area contributed by atoms with Crippen LogP contribution in [0.25, 0.3) is 11.0 Å². The zero-order valence-corrected chi connectivity index (χ0v) is 20.0. The van der Waals surface area contributed by atoms with Gasteiger partial charge < -0.3 is 44.2 Å². The van der Waals surface area contributed by atoms with E-state index in [-0.39, 0.29) is 34.8 Å². The van der Waals surface area contributed by atoms with Gasteiger partial charge in [-0.25, -0.2) is 4.79 Å². The van der Waals surface area contributed by atoms with E-state index in [0.717, 1.165) is 19.3 Å². The molecule has 2 aromatic rings. The standard InChI is InChI=1S/C25H36O10/c1-2-3-4-5-6-7-8-9-12-32-23-19(27)16-11-10-15(13-17(16)34-24(23)31)33-25-22(30)21(29)20(28)18(14-26)35-25/h10-11,13,18,20-22,25-30H,2-9,12,14H2,1H3/t18-,20-,21+,22+,25-/m1/s1. The van der Waals surface area contributed by atoms with Gasteiger partial charge in [0.2, 0.25) is 12.0 Å². The maximum absolute atomic E-state index is 12.4. The highest BCUT2D eigenvalue weighted by Gasteiger charge is 2.44. The lowest BCUT2D eigenvalue weighted by Crippen LogP contribution is -2.60. The summed E-state index contributed by atoms with van der Waals surface area (Å²) in [4.78, 5) is 12.4. The second kappa shape index (κ2) is 13.1. The molecule has 1 aromatic heterocycles. The second-order valence-corrected chi connectivity index (χ2v) is 8.86. The molecule has 0 bridgehead atoms. The minimum absolute atomic E-state index is 0.0222. The Kier molecular flexibility index (Phi) is 10.2. The molecule has 5 atom stereocenters. The van der Waals surface area contributed by atoms with E-state index in [1.165, 1.54) is 50.3 Å². The first-order chi connectivity index (χ1) is 16.9. The van der Waals surface area contributed by atoms with E-state index in [4.69, 9.17) is 18.6 Å². The highest BCUT2D eigenvalue weighted by atomic mass is 16.7. The van der Waals surface area contributed by atoms with Gasteiger partial charge in [-0.1, -0.05) is 51.9 Å². The van der Waals surface area contributed by atoms with Gasteiger partial charge in [0.05, 0.1) is 18.6 Å². The van der Waals surface area contributed by atoms with E-state index < -0.39 is 42.9 Å². The van der Waals surface area contributed by atoms with E-state index in [1.807, 2.05) is 0 Å². The third-order valence-corrected chi connectivity index (χ3v) is 6.16. The Morgan fingerprint density at radius 2 is 1.63 bits per heavy atom. The first-order valence-corrected chi connectivity index (χ1v) is 12.3. The van der Waals surface area contributed by atoms with Crippen molar-refractivity contribution >= 4 is 11.0 Å². The molecule has 10 heteroatoms. The first-order valence-electron chi connectivity index (χ1n) is 12.3. The Balaban J connectivity index is 1.60. The van der Waals surface area contributed by atoms with Crippen LogP contribution in [0.4, 0.5) is 0 Å². The van der Waals surface area contributed by atoms with Crippen LogP contribution in [0.15, 0.2) is 27.4 Å². The fourth-order valence-electron chi connectivity index (χ4n) is 4.06. The normalized spacial score (nSPS) is 24.5. The fourth-order valence-corrected chi connectivity index (χ4v) is 4.06. The zero-order valence-electron chi connectivity index (χ0n) is 20.0. The number of fused-ring (bicyclic) bond motifs is 1. The average molecular weight is 497 g/mol. The average Bonchev–Trinajstić information content (AvgIpc) is 2.84. The largest absolute Gasteiger partial charge is 0.504 e. The van der Waals surface area contributed by atoms with Crippen LogP contribution in [-0.4, -0.2) is 69.5 Å². The first kappa shape index (κ1) is 27.2. The molecule has 1 aromatic carbocycles. The summed E-state index contributed by atoms with van der Waals surface area (Å²) < 4.78 is 21.7. The van der Waals surface area contributed by atoms with Gasteiger partial charge in [-0.3, -0.25) is 0 Å². The number of hydrogen-bond acceptors (Lipinski definition) is 10. The summed E-state index contributed by atoms with van der Waals surface area (Å²) in [7, 11) is 0. The summed E-state index contributed by atoms with van der Waals surface area (Å²) in [6.07, 6.45) is 1.79. The SMILES string of the molecule is CCCCCCCCCCOc1c(O)c2ccc(O[C@@H]3O[C@H](CO)[C@@H](O)[C@H](O)[C@@H]3O)cc2oc1=O. The maximum Gasteiger partial charge on any atom is 0.383 e. The molecule has 0 amide bonds. The molecule has 1 saturated heterocycles. The Hall–Kier alpha value is -2.37.